The van der Waals surface area contributed by atoms with Gasteiger partial charge in [0.25, 0.3) is 0 Å². The van der Waals surface area contributed by atoms with Crippen LogP contribution in [0.15, 0.2) is 33.6 Å². The topological polar surface area (TPSA) is 42.2 Å². The molecule has 102 valence electrons. The maximum atomic E-state index is 13.1. The number of likely N-dealkylation sites (N-methyl/N-ethyl adjacent to an activating group) is 1. The number of hydrogen-bond acceptors (Lipinski definition) is 4. The first-order valence-electron chi connectivity index (χ1n) is 5.84. The van der Waals surface area contributed by atoms with E-state index in [1.807, 2.05) is 17.9 Å². The van der Waals surface area contributed by atoms with E-state index in [9.17, 15) is 4.39 Å². The van der Waals surface area contributed by atoms with E-state index >= 15 is 0 Å². The van der Waals surface area contributed by atoms with Crippen LogP contribution in [0, 0.1) is 5.82 Å². The van der Waals surface area contributed by atoms with Gasteiger partial charge in [0.05, 0.1) is 11.2 Å². The van der Waals surface area contributed by atoms with E-state index in [1.165, 1.54) is 12.1 Å². The van der Waals surface area contributed by atoms with Crippen LogP contribution in [-0.4, -0.2) is 23.5 Å². The molecule has 19 heavy (non-hydrogen) atoms. The normalized spacial score (nSPS) is 12.9. The Morgan fingerprint density at radius 2 is 2.32 bits per heavy atom. The summed E-state index contributed by atoms with van der Waals surface area (Å²) in [5.74, 6) is -0.256. The van der Waals surface area contributed by atoms with Crippen molar-refractivity contribution < 1.29 is 4.39 Å². The minimum atomic E-state index is -0.256. The molecule has 1 unspecified atom stereocenters. The molecule has 0 aliphatic rings. The molecule has 0 spiro atoms. The van der Waals surface area contributed by atoms with Crippen molar-refractivity contribution in [3.05, 3.63) is 50.6 Å². The first kappa shape index (κ1) is 14.6. The van der Waals surface area contributed by atoms with Gasteiger partial charge in [-0.1, -0.05) is 22.0 Å². The molecule has 0 saturated carbocycles. The SMILES string of the molecule is CN(Cc1cscn1)C(CN)c1ccc(F)cc1Br. The quantitative estimate of drug-likeness (QED) is 0.906. The van der Waals surface area contributed by atoms with E-state index in [0.29, 0.717) is 6.54 Å². The van der Waals surface area contributed by atoms with E-state index in [1.54, 1.807) is 17.4 Å². The molecular weight excluding hydrogens is 329 g/mol. The third kappa shape index (κ3) is 3.60. The fourth-order valence-corrected chi connectivity index (χ4v) is 3.16. The first-order chi connectivity index (χ1) is 9.11. The Balaban J connectivity index is 2.18. The van der Waals surface area contributed by atoms with Gasteiger partial charge in [-0.2, -0.15) is 0 Å². The van der Waals surface area contributed by atoms with Crippen LogP contribution in [0.4, 0.5) is 4.39 Å². The highest BCUT2D eigenvalue weighted by Crippen LogP contribution is 2.28. The van der Waals surface area contributed by atoms with Crippen molar-refractivity contribution >= 4 is 27.3 Å². The number of nitrogens with zero attached hydrogens (tertiary/aromatic N) is 2. The molecule has 0 fully saturated rings. The van der Waals surface area contributed by atoms with Crippen LogP contribution in [0.2, 0.25) is 0 Å². The van der Waals surface area contributed by atoms with Gasteiger partial charge in [-0.25, -0.2) is 9.37 Å². The largest absolute Gasteiger partial charge is 0.329 e. The van der Waals surface area contributed by atoms with Crippen molar-refractivity contribution in [2.75, 3.05) is 13.6 Å². The Hall–Kier alpha value is -0.820. The number of hydrogen-bond donors (Lipinski definition) is 1. The van der Waals surface area contributed by atoms with Gasteiger partial charge in [-0.3, -0.25) is 4.90 Å². The molecule has 0 aliphatic carbocycles. The Morgan fingerprint density at radius 3 is 2.89 bits per heavy atom. The average molecular weight is 344 g/mol. The Kier molecular flexibility index (Phi) is 5.04. The zero-order chi connectivity index (χ0) is 13.8. The number of benzene rings is 1. The minimum Gasteiger partial charge on any atom is -0.329 e. The van der Waals surface area contributed by atoms with E-state index in [0.717, 1.165) is 22.3 Å². The third-order valence-corrected chi connectivity index (χ3v) is 4.29. The van der Waals surface area contributed by atoms with Crippen LogP contribution in [0.1, 0.15) is 17.3 Å². The molecule has 6 heteroatoms. The second-order valence-electron chi connectivity index (χ2n) is 4.31. The molecule has 2 N–H and O–H groups in total. The molecule has 1 heterocycles. The number of halogens is 2. The molecule has 0 saturated heterocycles. The van der Waals surface area contributed by atoms with Crippen LogP contribution in [-0.2, 0) is 6.54 Å². The summed E-state index contributed by atoms with van der Waals surface area (Å²) in [5, 5.41) is 2.02. The number of nitrogens with two attached hydrogens (primary N) is 1. The second kappa shape index (κ2) is 6.56. The number of thiazole rings is 1. The van der Waals surface area contributed by atoms with Crippen LogP contribution in [0.25, 0.3) is 0 Å². The van der Waals surface area contributed by atoms with Gasteiger partial charge in [0.2, 0.25) is 0 Å². The lowest BCUT2D eigenvalue weighted by Crippen LogP contribution is -2.30. The summed E-state index contributed by atoms with van der Waals surface area (Å²) in [7, 11) is 1.99. The standard InChI is InChI=1S/C13H15BrFN3S/c1-18(6-10-7-19-8-17-10)13(5-16)11-3-2-9(15)4-12(11)14/h2-4,7-8,13H,5-6,16H2,1H3. The molecule has 0 bridgehead atoms. The fraction of sp³-hybridized carbons (Fsp3) is 0.308. The Morgan fingerprint density at radius 1 is 1.53 bits per heavy atom. The predicted octanol–water partition coefficient (Wildman–Crippen LogP) is 3.18. The van der Waals surface area contributed by atoms with Crippen LogP contribution in [0.3, 0.4) is 0 Å². The maximum Gasteiger partial charge on any atom is 0.124 e. The highest BCUT2D eigenvalue weighted by atomic mass is 79.9. The summed E-state index contributed by atoms with van der Waals surface area (Å²) in [5.41, 5.74) is 9.69. The van der Waals surface area contributed by atoms with Crippen molar-refractivity contribution in [1.29, 1.82) is 0 Å². The van der Waals surface area contributed by atoms with E-state index in [-0.39, 0.29) is 11.9 Å². The summed E-state index contributed by atoms with van der Waals surface area (Å²) in [4.78, 5) is 6.39. The summed E-state index contributed by atoms with van der Waals surface area (Å²) in [6.07, 6.45) is 0. The zero-order valence-electron chi connectivity index (χ0n) is 10.5. The number of rotatable bonds is 5. The fourth-order valence-electron chi connectivity index (χ4n) is 2.00. The Bertz CT molecular complexity index is 533. The molecule has 1 atom stereocenters. The minimum absolute atomic E-state index is 0.0247. The zero-order valence-corrected chi connectivity index (χ0v) is 12.9. The number of aromatic nitrogens is 1. The molecular formula is C13H15BrFN3S. The molecule has 1 aromatic heterocycles. The molecule has 2 aromatic rings. The highest BCUT2D eigenvalue weighted by Gasteiger charge is 2.19. The summed E-state index contributed by atoms with van der Waals surface area (Å²) < 4.78 is 13.9. The van der Waals surface area contributed by atoms with Gasteiger partial charge >= 0.3 is 0 Å². The van der Waals surface area contributed by atoms with Gasteiger partial charge in [0.15, 0.2) is 0 Å². The lowest BCUT2D eigenvalue weighted by atomic mass is 10.1. The molecule has 3 nitrogen and oxygen atoms in total. The van der Waals surface area contributed by atoms with Gasteiger partial charge < -0.3 is 5.73 Å². The lowest BCUT2D eigenvalue weighted by molar-refractivity contribution is 0.238. The van der Waals surface area contributed by atoms with Crippen molar-refractivity contribution in [3.8, 4) is 0 Å². The van der Waals surface area contributed by atoms with Gasteiger partial charge in [0, 0.05) is 29.0 Å². The van der Waals surface area contributed by atoms with Gasteiger partial charge in [0.1, 0.15) is 5.82 Å². The highest BCUT2D eigenvalue weighted by molar-refractivity contribution is 9.10. The van der Waals surface area contributed by atoms with Crippen molar-refractivity contribution in [3.63, 3.8) is 0 Å². The molecule has 0 aliphatic heterocycles. The molecule has 1 aromatic carbocycles. The molecule has 0 amide bonds. The predicted molar refractivity (Wildman–Crippen MR) is 79.5 cm³/mol. The van der Waals surface area contributed by atoms with E-state index in [4.69, 9.17) is 5.73 Å². The maximum absolute atomic E-state index is 13.1. The Labute approximate surface area is 124 Å². The van der Waals surface area contributed by atoms with Crippen molar-refractivity contribution in [2.45, 2.75) is 12.6 Å². The monoisotopic (exact) mass is 343 g/mol. The summed E-state index contributed by atoms with van der Waals surface area (Å²) in [6, 6.07) is 4.72. The molecule has 2 rings (SSSR count). The second-order valence-corrected chi connectivity index (χ2v) is 5.89. The molecule has 0 radical (unpaired) electrons. The van der Waals surface area contributed by atoms with E-state index < -0.39 is 0 Å². The first-order valence-corrected chi connectivity index (χ1v) is 7.57. The van der Waals surface area contributed by atoms with Crippen LogP contribution in [0.5, 0.6) is 0 Å². The summed E-state index contributed by atoms with van der Waals surface area (Å²) >= 11 is 4.97. The summed E-state index contributed by atoms with van der Waals surface area (Å²) in [6.45, 7) is 1.18. The average Bonchev–Trinajstić information content (AvgIpc) is 2.85. The van der Waals surface area contributed by atoms with Crippen LogP contribution >= 0.6 is 27.3 Å². The van der Waals surface area contributed by atoms with Gasteiger partial charge in [-0.15, -0.1) is 11.3 Å². The van der Waals surface area contributed by atoms with Crippen molar-refractivity contribution in [1.82, 2.24) is 9.88 Å². The smallest absolute Gasteiger partial charge is 0.124 e. The van der Waals surface area contributed by atoms with Crippen molar-refractivity contribution in [2.24, 2.45) is 5.73 Å². The van der Waals surface area contributed by atoms with Gasteiger partial charge in [-0.05, 0) is 24.7 Å². The lowest BCUT2D eigenvalue weighted by Gasteiger charge is -2.27. The van der Waals surface area contributed by atoms with E-state index in [2.05, 4.69) is 25.8 Å². The third-order valence-electron chi connectivity index (χ3n) is 2.97. The van der Waals surface area contributed by atoms with Crippen LogP contribution < -0.4 is 5.73 Å².